The molecule has 0 spiro atoms. The predicted molar refractivity (Wildman–Crippen MR) is 198 cm³/mol. The lowest BCUT2D eigenvalue weighted by Gasteiger charge is -2.33. The van der Waals surface area contributed by atoms with Crippen molar-refractivity contribution in [3.8, 4) is 11.1 Å². The van der Waals surface area contributed by atoms with Gasteiger partial charge in [-0.1, -0.05) is 189 Å². The van der Waals surface area contributed by atoms with Gasteiger partial charge in [0.1, 0.15) is 0 Å². The molecule has 0 radical (unpaired) electrons. The number of rotatable bonds is 16. The van der Waals surface area contributed by atoms with E-state index < -0.39 is 0 Å². The van der Waals surface area contributed by atoms with Crippen LogP contribution < -0.4 is 0 Å². The quantitative estimate of drug-likeness (QED) is 0.112. The van der Waals surface area contributed by atoms with Gasteiger partial charge in [0.25, 0.3) is 0 Å². The van der Waals surface area contributed by atoms with E-state index in [1.54, 1.807) is 11.1 Å². The Balaban J connectivity index is 0.00000226. The first-order valence-electron chi connectivity index (χ1n) is 18.4. The molecule has 0 fully saturated rings. The first-order valence-corrected chi connectivity index (χ1v) is 18.4. The van der Waals surface area contributed by atoms with Crippen molar-refractivity contribution in [3.63, 3.8) is 0 Å². The molecule has 0 aromatic heterocycles. The van der Waals surface area contributed by atoms with Crippen LogP contribution in [0.15, 0.2) is 97.1 Å². The SMILES string of the molecule is CC.CCCCCCC1(CCCCCC)c2cc(C)ccc2-c2ccc(CC(C)C(Cc3ccccc3)c3ccccc3)cc21. The van der Waals surface area contributed by atoms with Crippen LogP contribution in [0.5, 0.6) is 0 Å². The molecule has 1 aliphatic carbocycles. The van der Waals surface area contributed by atoms with Gasteiger partial charge in [-0.3, -0.25) is 0 Å². The van der Waals surface area contributed by atoms with Gasteiger partial charge in [-0.05, 0) is 83.4 Å². The smallest absolute Gasteiger partial charge is 0.0215 e. The molecule has 0 saturated heterocycles. The average Bonchev–Trinajstić information content (AvgIpc) is 3.33. The fraction of sp³-hybridized carbons (Fsp3) is 0.467. The van der Waals surface area contributed by atoms with E-state index in [0.29, 0.717) is 11.8 Å². The largest absolute Gasteiger partial charge is 0.0683 e. The van der Waals surface area contributed by atoms with Crippen LogP contribution in [0.1, 0.15) is 138 Å². The Morgan fingerprint density at radius 1 is 0.556 bits per heavy atom. The van der Waals surface area contributed by atoms with Gasteiger partial charge in [0.05, 0.1) is 0 Å². The average molecular weight is 601 g/mol. The highest BCUT2D eigenvalue weighted by molar-refractivity contribution is 5.81. The molecular weight excluding hydrogens is 540 g/mol. The topological polar surface area (TPSA) is 0 Å². The van der Waals surface area contributed by atoms with Crippen LogP contribution in [0.25, 0.3) is 11.1 Å². The Morgan fingerprint density at radius 2 is 1.11 bits per heavy atom. The highest BCUT2D eigenvalue weighted by Gasteiger charge is 2.42. The summed E-state index contributed by atoms with van der Waals surface area (Å²) in [5.74, 6) is 1.03. The maximum absolute atomic E-state index is 2.66. The van der Waals surface area contributed by atoms with Crippen LogP contribution in [-0.2, 0) is 18.3 Å². The fourth-order valence-electron chi connectivity index (χ4n) is 7.88. The zero-order valence-electron chi connectivity index (χ0n) is 29.4. The van der Waals surface area contributed by atoms with Crippen LogP contribution in [0, 0.1) is 12.8 Å². The van der Waals surface area contributed by atoms with Crippen molar-refractivity contribution in [2.75, 3.05) is 0 Å². The van der Waals surface area contributed by atoms with Crippen LogP contribution in [0.3, 0.4) is 0 Å². The number of benzene rings is 4. The van der Waals surface area contributed by atoms with E-state index in [0.717, 1.165) is 12.8 Å². The molecule has 0 bridgehead atoms. The summed E-state index contributed by atoms with van der Waals surface area (Å²) < 4.78 is 0. The molecule has 45 heavy (non-hydrogen) atoms. The standard InChI is InChI=1S/C43H54.C2H6/c1-5-7-9-17-27-43(28-18-10-8-6-2)41-29-33(3)23-25-38(41)39-26-24-36(32-42(39)43)30-34(4)40(37-21-15-12-16-22-37)31-35-19-13-11-14-20-35;1-2/h11-16,19-26,29,32,34,40H,5-10,17-18,27-28,30-31H2,1-4H3;1-2H3. The molecule has 240 valence electrons. The summed E-state index contributed by atoms with van der Waals surface area (Å²) in [7, 11) is 0. The second-order valence-corrected chi connectivity index (χ2v) is 13.5. The highest BCUT2D eigenvalue weighted by atomic mass is 14.5. The summed E-state index contributed by atoms with van der Waals surface area (Å²) in [6.07, 6.45) is 15.4. The minimum Gasteiger partial charge on any atom is -0.0683 e. The van der Waals surface area contributed by atoms with E-state index in [1.165, 1.54) is 97.6 Å². The molecule has 1 aliphatic rings. The Kier molecular flexibility index (Phi) is 13.5. The first-order chi connectivity index (χ1) is 22.1. The minimum atomic E-state index is 0.153. The van der Waals surface area contributed by atoms with E-state index >= 15 is 0 Å². The number of unbranched alkanes of at least 4 members (excludes halogenated alkanes) is 6. The number of hydrogen-bond acceptors (Lipinski definition) is 0. The van der Waals surface area contributed by atoms with E-state index in [-0.39, 0.29) is 5.41 Å². The zero-order chi connectivity index (χ0) is 32.1. The fourth-order valence-corrected chi connectivity index (χ4v) is 7.88. The van der Waals surface area contributed by atoms with Gasteiger partial charge >= 0.3 is 0 Å². The molecule has 0 saturated carbocycles. The van der Waals surface area contributed by atoms with Gasteiger partial charge in [-0.15, -0.1) is 0 Å². The monoisotopic (exact) mass is 600 g/mol. The first kappa shape index (κ1) is 34.7. The van der Waals surface area contributed by atoms with Crippen molar-refractivity contribution in [2.45, 2.75) is 130 Å². The van der Waals surface area contributed by atoms with E-state index in [4.69, 9.17) is 0 Å². The summed E-state index contributed by atoms with van der Waals surface area (Å²) in [5.41, 5.74) is 12.2. The maximum atomic E-state index is 2.66. The molecule has 5 rings (SSSR count). The van der Waals surface area contributed by atoms with E-state index in [2.05, 4.69) is 125 Å². The second kappa shape index (κ2) is 17.5. The molecule has 2 atom stereocenters. The molecule has 0 heteroatoms. The van der Waals surface area contributed by atoms with Crippen LogP contribution in [0.2, 0.25) is 0 Å². The number of fused-ring (bicyclic) bond motifs is 3. The van der Waals surface area contributed by atoms with Crippen molar-refractivity contribution in [1.29, 1.82) is 0 Å². The lowest BCUT2D eigenvalue weighted by molar-refractivity contribution is 0.400. The van der Waals surface area contributed by atoms with Gasteiger partial charge in [-0.2, -0.15) is 0 Å². The van der Waals surface area contributed by atoms with Crippen molar-refractivity contribution < 1.29 is 0 Å². The molecule has 4 aromatic carbocycles. The van der Waals surface area contributed by atoms with Crippen LogP contribution in [-0.4, -0.2) is 0 Å². The molecule has 0 nitrogen and oxygen atoms in total. The van der Waals surface area contributed by atoms with Crippen molar-refractivity contribution >= 4 is 0 Å². The lowest BCUT2D eigenvalue weighted by Crippen LogP contribution is -2.26. The zero-order valence-corrected chi connectivity index (χ0v) is 29.4. The molecular formula is C45H60. The summed E-state index contributed by atoms with van der Waals surface area (Å²) in [5, 5.41) is 0. The molecule has 0 N–H and O–H groups in total. The van der Waals surface area contributed by atoms with E-state index in [1.807, 2.05) is 13.8 Å². The molecule has 4 aromatic rings. The van der Waals surface area contributed by atoms with Gasteiger partial charge in [0, 0.05) is 5.41 Å². The summed E-state index contributed by atoms with van der Waals surface area (Å²) in [6, 6.07) is 37.2. The van der Waals surface area contributed by atoms with Crippen molar-refractivity contribution in [1.82, 2.24) is 0 Å². The van der Waals surface area contributed by atoms with Gasteiger partial charge in [0.15, 0.2) is 0 Å². The van der Waals surface area contributed by atoms with Crippen LogP contribution in [0.4, 0.5) is 0 Å². The Hall–Kier alpha value is -3.12. The Morgan fingerprint density at radius 3 is 1.71 bits per heavy atom. The Labute approximate surface area is 276 Å². The second-order valence-electron chi connectivity index (χ2n) is 13.5. The number of hydrogen-bond donors (Lipinski definition) is 0. The third-order valence-electron chi connectivity index (χ3n) is 10.3. The summed E-state index contributed by atoms with van der Waals surface area (Å²) in [6.45, 7) is 13.4. The third-order valence-corrected chi connectivity index (χ3v) is 10.3. The molecule has 0 amide bonds. The van der Waals surface area contributed by atoms with Gasteiger partial charge in [0.2, 0.25) is 0 Å². The summed E-state index contributed by atoms with van der Waals surface area (Å²) >= 11 is 0. The lowest BCUT2D eigenvalue weighted by atomic mass is 9.70. The minimum absolute atomic E-state index is 0.153. The normalized spacial score (nSPS) is 14.2. The third kappa shape index (κ3) is 8.58. The number of aryl methyl sites for hydroxylation is 1. The molecule has 2 unspecified atom stereocenters. The van der Waals surface area contributed by atoms with Crippen molar-refractivity contribution in [2.24, 2.45) is 5.92 Å². The predicted octanol–water partition coefficient (Wildman–Crippen LogP) is 13.4. The maximum Gasteiger partial charge on any atom is 0.0215 e. The highest BCUT2D eigenvalue weighted by Crippen LogP contribution is 2.55. The molecule has 0 heterocycles. The Bertz CT molecular complexity index is 1400. The van der Waals surface area contributed by atoms with E-state index in [9.17, 15) is 0 Å². The molecule has 0 aliphatic heterocycles. The van der Waals surface area contributed by atoms with Gasteiger partial charge < -0.3 is 0 Å². The van der Waals surface area contributed by atoms with Gasteiger partial charge in [-0.25, -0.2) is 0 Å². The van der Waals surface area contributed by atoms with Crippen molar-refractivity contribution in [3.05, 3.63) is 130 Å². The summed E-state index contributed by atoms with van der Waals surface area (Å²) in [4.78, 5) is 0. The van der Waals surface area contributed by atoms with Crippen LogP contribution >= 0.6 is 0 Å².